The van der Waals surface area contributed by atoms with Gasteiger partial charge in [-0.2, -0.15) is 0 Å². The molecule has 3 heterocycles. The van der Waals surface area contributed by atoms with Crippen LogP contribution in [0.3, 0.4) is 0 Å². The van der Waals surface area contributed by atoms with Gasteiger partial charge in [0, 0.05) is 49.1 Å². The van der Waals surface area contributed by atoms with Gasteiger partial charge in [-0.25, -0.2) is 0 Å². The van der Waals surface area contributed by atoms with Crippen molar-refractivity contribution < 1.29 is 14.3 Å². The van der Waals surface area contributed by atoms with Crippen LogP contribution in [0.15, 0.2) is 60.0 Å². The molecule has 0 aliphatic carbocycles. The number of thiophene rings is 1. The molecule has 170 valence electrons. The number of rotatable bonds is 6. The van der Waals surface area contributed by atoms with Crippen LogP contribution in [0.5, 0.6) is 0 Å². The van der Waals surface area contributed by atoms with Crippen LogP contribution < -0.4 is 10.2 Å². The molecule has 0 saturated carbocycles. The molecule has 2 unspecified atom stereocenters. The van der Waals surface area contributed by atoms with E-state index in [4.69, 9.17) is 4.74 Å². The molecular formula is C26H27N3O3S. The fourth-order valence-corrected chi connectivity index (χ4v) is 5.83. The summed E-state index contributed by atoms with van der Waals surface area (Å²) in [6.07, 6.45) is 0.971. The molecule has 2 aromatic carbocycles. The predicted molar refractivity (Wildman–Crippen MR) is 131 cm³/mol. The minimum absolute atomic E-state index is 0.0642. The molecule has 2 aliphatic rings. The van der Waals surface area contributed by atoms with Crippen molar-refractivity contribution in [3.8, 4) is 0 Å². The molecule has 1 N–H and O–H groups in total. The predicted octanol–water partition coefficient (Wildman–Crippen LogP) is 4.31. The molecular weight excluding hydrogens is 434 g/mol. The Labute approximate surface area is 197 Å². The highest BCUT2D eigenvalue weighted by Gasteiger charge is 2.44. The molecule has 0 spiro atoms. The third-order valence-electron chi connectivity index (χ3n) is 6.57. The van der Waals surface area contributed by atoms with Gasteiger partial charge in [0.05, 0.1) is 18.6 Å². The highest BCUT2D eigenvalue weighted by molar-refractivity contribution is 7.10. The number of fused-ring (bicyclic) bond motifs is 2. The van der Waals surface area contributed by atoms with Crippen LogP contribution in [0.25, 0.3) is 0 Å². The second-order valence-corrected chi connectivity index (χ2v) is 9.50. The van der Waals surface area contributed by atoms with Crippen LogP contribution in [-0.2, 0) is 16.0 Å². The molecule has 3 aromatic rings. The van der Waals surface area contributed by atoms with E-state index >= 15 is 0 Å². The first-order valence-electron chi connectivity index (χ1n) is 11.2. The zero-order chi connectivity index (χ0) is 22.9. The summed E-state index contributed by atoms with van der Waals surface area (Å²) >= 11 is 1.57. The van der Waals surface area contributed by atoms with Gasteiger partial charge in [0.1, 0.15) is 0 Å². The largest absolute Gasteiger partial charge is 0.383 e. The Morgan fingerprint density at radius 1 is 1.18 bits per heavy atom. The fraction of sp³-hybridized carbons (Fsp3) is 0.308. The van der Waals surface area contributed by atoms with Crippen molar-refractivity contribution in [1.82, 2.24) is 4.90 Å². The van der Waals surface area contributed by atoms with E-state index in [2.05, 4.69) is 29.4 Å². The normalized spacial score (nSPS) is 19.4. The molecule has 0 fully saturated rings. The monoisotopic (exact) mass is 461 g/mol. The maximum atomic E-state index is 13.8. The second kappa shape index (κ2) is 9.00. The van der Waals surface area contributed by atoms with Gasteiger partial charge in [0.25, 0.3) is 5.91 Å². The number of carbonyl (C=O) groups excluding carboxylic acids is 2. The third kappa shape index (κ3) is 3.92. The third-order valence-corrected chi connectivity index (χ3v) is 7.51. The van der Waals surface area contributed by atoms with Gasteiger partial charge in [-0.05, 0) is 53.3 Å². The van der Waals surface area contributed by atoms with Gasteiger partial charge in [0.2, 0.25) is 5.91 Å². The van der Waals surface area contributed by atoms with Crippen molar-refractivity contribution in [1.29, 1.82) is 0 Å². The SMILES string of the molecule is COCCN1C(=O)c2ccccc2C(C(=O)Nc2ccc3c(c2)CCN3C)C1c1cccs1. The molecule has 2 amide bonds. The molecule has 5 rings (SSSR count). The van der Waals surface area contributed by atoms with Gasteiger partial charge in [-0.15, -0.1) is 11.3 Å². The smallest absolute Gasteiger partial charge is 0.254 e. The number of ether oxygens (including phenoxy) is 1. The molecule has 2 atom stereocenters. The lowest BCUT2D eigenvalue weighted by molar-refractivity contribution is -0.119. The minimum atomic E-state index is -0.523. The lowest BCUT2D eigenvalue weighted by atomic mass is 9.81. The number of nitrogens with one attached hydrogen (secondary N) is 1. The van der Waals surface area contributed by atoms with Crippen LogP contribution in [0.1, 0.15) is 38.3 Å². The maximum Gasteiger partial charge on any atom is 0.254 e. The number of anilines is 2. The number of nitrogens with zero attached hydrogens (tertiary/aromatic N) is 2. The zero-order valence-electron chi connectivity index (χ0n) is 18.8. The van der Waals surface area contributed by atoms with E-state index in [1.54, 1.807) is 23.3 Å². The summed E-state index contributed by atoms with van der Waals surface area (Å²) in [4.78, 5) is 32.3. The van der Waals surface area contributed by atoms with Gasteiger partial charge in [-0.1, -0.05) is 24.3 Å². The van der Waals surface area contributed by atoms with E-state index in [1.807, 2.05) is 47.8 Å². The van der Waals surface area contributed by atoms with Crippen LogP contribution in [-0.4, -0.2) is 50.6 Å². The Morgan fingerprint density at radius 2 is 2.03 bits per heavy atom. The molecule has 1 aromatic heterocycles. The highest BCUT2D eigenvalue weighted by Crippen LogP contribution is 2.44. The first-order valence-corrected chi connectivity index (χ1v) is 12.0. The average molecular weight is 462 g/mol. The van der Waals surface area contributed by atoms with Crippen molar-refractivity contribution in [2.24, 2.45) is 0 Å². The lowest BCUT2D eigenvalue weighted by Crippen LogP contribution is -2.47. The molecule has 0 bridgehead atoms. The number of methoxy groups -OCH3 is 1. The van der Waals surface area contributed by atoms with Crippen molar-refractivity contribution in [3.05, 3.63) is 81.5 Å². The topological polar surface area (TPSA) is 61.9 Å². The molecule has 6 nitrogen and oxygen atoms in total. The van der Waals surface area contributed by atoms with E-state index < -0.39 is 5.92 Å². The van der Waals surface area contributed by atoms with Crippen LogP contribution in [0.4, 0.5) is 11.4 Å². The molecule has 0 radical (unpaired) electrons. The number of carbonyl (C=O) groups is 2. The van der Waals surface area contributed by atoms with Crippen LogP contribution >= 0.6 is 11.3 Å². The Hall–Kier alpha value is -3.16. The van der Waals surface area contributed by atoms with Gasteiger partial charge in [-0.3, -0.25) is 9.59 Å². The fourth-order valence-electron chi connectivity index (χ4n) is 4.95. The number of hydrogen-bond acceptors (Lipinski definition) is 5. The standard InChI is InChI=1S/C26H27N3O3S/c1-28-12-11-17-16-18(9-10-21(17)28)27-25(30)23-19-6-3-4-7-20(19)26(31)29(13-14-32-2)24(23)22-8-5-15-33-22/h3-10,15-16,23-24H,11-14H2,1-2H3,(H,27,30). The Morgan fingerprint density at radius 3 is 2.82 bits per heavy atom. The second-order valence-electron chi connectivity index (χ2n) is 8.52. The van der Waals surface area contributed by atoms with Crippen LogP contribution in [0.2, 0.25) is 0 Å². The van der Waals surface area contributed by atoms with Gasteiger partial charge < -0.3 is 19.9 Å². The molecule has 7 heteroatoms. The van der Waals surface area contributed by atoms with Crippen molar-refractivity contribution in [2.75, 3.05) is 44.1 Å². The first kappa shape index (κ1) is 21.7. The van der Waals surface area contributed by atoms with Crippen molar-refractivity contribution >= 4 is 34.5 Å². The summed E-state index contributed by atoms with van der Waals surface area (Å²) in [6, 6.07) is 17.1. The highest BCUT2D eigenvalue weighted by atomic mass is 32.1. The van der Waals surface area contributed by atoms with E-state index in [9.17, 15) is 9.59 Å². The zero-order valence-corrected chi connectivity index (χ0v) is 19.6. The minimum Gasteiger partial charge on any atom is -0.383 e. The van der Waals surface area contributed by atoms with Crippen LogP contribution in [0, 0.1) is 0 Å². The number of benzene rings is 2. The molecule has 2 aliphatic heterocycles. The summed E-state index contributed by atoms with van der Waals surface area (Å²) in [5.41, 5.74) is 4.59. The first-order chi connectivity index (χ1) is 16.1. The summed E-state index contributed by atoms with van der Waals surface area (Å²) in [5, 5.41) is 5.15. The van der Waals surface area contributed by atoms with E-state index in [-0.39, 0.29) is 17.9 Å². The molecule has 33 heavy (non-hydrogen) atoms. The molecule has 0 saturated heterocycles. The average Bonchev–Trinajstić information content (AvgIpc) is 3.48. The van der Waals surface area contributed by atoms with E-state index in [1.165, 1.54) is 11.3 Å². The Bertz CT molecular complexity index is 1180. The van der Waals surface area contributed by atoms with Gasteiger partial charge in [0.15, 0.2) is 0 Å². The maximum absolute atomic E-state index is 13.8. The Kier molecular flexibility index (Phi) is 5.91. The summed E-state index contributed by atoms with van der Waals surface area (Å²) in [5.74, 6) is -0.696. The van der Waals surface area contributed by atoms with Crippen molar-refractivity contribution in [3.63, 3.8) is 0 Å². The van der Waals surface area contributed by atoms with E-state index in [0.717, 1.165) is 29.1 Å². The number of likely N-dealkylation sites (N-methyl/N-ethyl adjacent to an activating group) is 1. The summed E-state index contributed by atoms with van der Waals surface area (Å²) < 4.78 is 5.29. The summed E-state index contributed by atoms with van der Waals surface area (Å²) in [6.45, 7) is 1.81. The Balaban J connectivity index is 1.54. The lowest BCUT2D eigenvalue weighted by Gasteiger charge is -2.41. The van der Waals surface area contributed by atoms with E-state index in [0.29, 0.717) is 18.7 Å². The number of amides is 2. The van der Waals surface area contributed by atoms with Gasteiger partial charge >= 0.3 is 0 Å². The number of hydrogen-bond donors (Lipinski definition) is 1. The summed E-state index contributed by atoms with van der Waals surface area (Å²) in [7, 11) is 3.71. The quantitative estimate of drug-likeness (QED) is 0.594. The van der Waals surface area contributed by atoms with Crippen molar-refractivity contribution in [2.45, 2.75) is 18.4 Å².